The van der Waals surface area contributed by atoms with Crippen molar-refractivity contribution in [1.29, 1.82) is 5.26 Å². The van der Waals surface area contributed by atoms with Crippen molar-refractivity contribution < 1.29 is 14.3 Å². The van der Waals surface area contributed by atoms with Crippen molar-refractivity contribution >= 4 is 45.1 Å². The molecule has 1 aromatic heterocycles. The second-order valence-electron chi connectivity index (χ2n) is 6.47. The van der Waals surface area contributed by atoms with Crippen LogP contribution >= 0.6 is 22.6 Å². The number of rotatable bonds is 5. The SMILES string of the molecule is C[C@](O)(Cn1cc(F)c2ccccc21)C(=O)Nc1ccc(C#N)c(CI)c1. The van der Waals surface area contributed by atoms with Crippen molar-refractivity contribution in [3.8, 4) is 6.07 Å². The van der Waals surface area contributed by atoms with Crippen LogP contribution in [0.25, 0.3) is 10.9 Å². The summed E-state index contributed by atoms with van der Waals surface area (Å²) >= 11 is 2.14. The van der Waals surface area contributed by atoms with E-state index in [1.54, 1.807) is 42.5 Å². The van der Waals surface area contributed by atoms with Gasteiger partial charge in [-0.05, 0) is 42.8 Å². The highest BCUT2D eigenvalue weighted by atomic mass is 127. The summed E-state index contributed by atoms with van der Waals surface area (Å²) in [6.45, 7) is 1.29. The fourth-order valence-corrected chi connectivity index (χ4v) is 3.52. The number of fused-ring (bicyclic) bond motifs is 1. The van der Waals surface area contributed by atoms with Crippen LogP contribution in [0.3, 0.4) is 0 Å². The average Bonchev–Trinajstić information content (AvgIpc) is 2.97. The van der Waals surface area contributed by atoms with Gasteiger partial charge in [-0.3, -0.25) is 4.79 Å². The van der Waals surface area contributed by atoms with E-state index in [1.165, 1.54) is 17.7 Å². The molecule has 0 bridgehead atoms. The number of nitrogens with zero attached hydrogens (tertiary/aromatic N) is 2. The first kappa shape index (κ1) is 19.3. The molecule has 1 heterocycles. The predicted octanol–water partition coefficient (Wildman–Crippen LogP) is 3.98. The summed E-state index contributed by atoms with van der Waals surface area (Å²) < 4.78 is 16.2. The zero-order valence-electron chi connectivity index (χ0n) is 14.5. The molecular weight excluding hydrogens is 460 g/mol. The molecule has 1 atom stereocenters. The van der Waals surface area contributed by atoms with Gasteiger partial charge in [0.1, 0.15) is 5.82 Å². The number of alkyl halides is 1. The Labute approximate surface area is 169 Å². The molecule has 7 heteroatoms. The molecule has 138 valence electrons. The molecule has 0 aliphatic carbocycles. The summed E-state index contributed by atoms with van der Waals surface area (Å²) in [5, 5.41) is 22.9. The lowest BCUT2D eigenvalue weighted by atomic mass is 10.0. The Morgan fingerprint density at radius 3 is 2.81 bits per heavy atom. The monoisotopic (exact) mass is 477 g/mol. The molecule has 1 amide bonds. The number of amides is 1. The van der Waals surface area contributed by atoms with Gasteiger partial charge < -0.3 is 15.0 Å². The number of hydrogen-bond acceptors (Lipinski definition) is 3. The number of carbonyl (C=O) groups is 1. The molecule has 0 saturated carbocycles. The number of aromatic nitrogens is 1. The maximum absolute atomic E-state index is 14.1. The zero-order chi connectivity index (χ0) is 19.6. The minimum absolute atomic E-state index is 0.0985. The molecule has 0 spiro atoms. The fourth-order valence-electron chi connectivity index (χ4n) is 2.89. The van der Waals surface area contributed by atoms with Gasteiger partial charge in [0.05, 0.1) is 23.7 Å². The van der Waals surface area contributed by atoms with E-state index in [2.05, 4.69) is 34.0 Å². The molecule has 27 heavy (non-hydrogen) atoms. The highest BCUT2D eigenvalue weighted by molar-refractivity contribution is 14.1. The third-order valence-corrected chi connectivity index (χ3v) is 5.16. The van der Waals surface area contributed by atoms with Crippen LogP contribution in [0.1, 0.15) is 18.1 Å². The maximum Gasteiger partial charge on any atom is 0.257 e. The lowest BCUT2D eigenvalue weighted by Crippen LogP contribution is -2.43. The Balaban J connectivity index is 1.82. The standard InChI is InChI=1S/C20H17FIN3O2/c1-20(27,12-25-11-17(21)16-4-2-3-5-18(16)25)19(26)24-15-7-6-13(10-23)14(8-15)9-22/h2-8,11,27H,9,12H2,1H3,(H,24,26)/t20-/m0/s1. The molecule has 0 fully saturated rings. The minimum Gasteiger partial charge on any atom is -0.378 e. The van der Waals surface area contributed by atoms with Gasteiger partial charge in [-0.15, -0.1) is 0 Å². The second kappa shape index (κ2) is 7.66. The lowest BCUT2D eigenvalue weighted by molar-refractivity contribution is -0.133. The van der Waals surface area contributed by atoms with Gasteiger partial charge in [0, 0.05) is 21.7 Å². The number of hydrogen-bond donors (Lipinski definition) is 2. The van der Waals surface area contributed by atoms with E-state index in [0.29, 0.717) is 26.6 Å². The van der Waals surface area contributed by atoms with E-state index >= 15 is 0 Å². The van der Waals surface area contributed by atoms with E-state index in [-0.39, 0.29) is 6.54 Å². The van der Waals surface area contributed by atoms with E-state index in [9.17, 15) is 14.3 Å². The van der Waals surface area contributed by atoms with Crippen molar-refractivity contribution in [3.63, 3.8) is 0 Å². The van der Waals surface area contributed by atoms with Crippen LogP contribution in [0.2, 0.25) is 0 Å². The van der Waals surface area contributed by atoms with Gasteiger partial charge in [0.25, 0.3) is 5.91 Å². The fraction of sp³-hybridized carbons (Fsp3) is 0.200. The number of nitrogens with one attached hydrogen (secondary N) is 1. The Bertz CT molecular complexity index is 1050. The first-order valence-electron chi connectivity index (χ1n) is 8.22. The van der Waals surface area contributed by atoms with Crippen LogP contribution < -0.4 is 5.32 Å². The molecule has 0 unspecified atom stereocenters. The van der Waals surface area contributed by atoms with Crippen molar-refractivity contribution in [3.05, 3.63) is 65.6 Å². The first-order chi connectivity index (χ1) is 12.9. The highest BCUT2D eigenvalue weighted by Crippen LogP contribution is 2.23. The average molecular weight is 477 g/mol. The van der Waals surface area contributed by atoms with Crippen LogP contribution in [0.5, 0.6) is 0 Å². The van der Waals surface area contributed by atoms with Gasteiger partial charge >= 0.3 is 0 Å². The van der Waals surface area contributed by atoms with Gasteiger partial charge in [-0.2, -0.15) is 5.26 Å². The third kappa shape index (κ3) is 3.96. The second-order valence-corrected chi connectivity index (χ2v) is 7.23. The Hall–Kier alpha value is -2.44. The number of para-hydroxylation sites is 1. The largest absolute Gasteiger partial charge is 0.378 e. The Morgan fingerprint density at radius 1 is 1.37 bits per heavy atom. The van der Waals surface area contributed by atoms with Gasteiger partial charge in [0.2, 0.25) is 0 Å². The highest BCUT2D eigenvalue weighted by Gasteiger charge is 2.31. The number of halogens is 2. The number of carbonyl (C=O) groups excluding carboxylic acids is 1. The lowest BCUT2D eigenvalue weighted by Gasteiger charge is -2.23. The van der Waals surface area contributed by atoms with Crippen molar-refractivity contribution in [2.24, 2.45) is 0 Å². The van der Waals surface area contributed by atoms with Crippen LogP contribution in [-0.2, 0) is 15.8 Å². The van der Waals surface area contributed by atoms with E-state index in [4.69, 9.17) is 5.26 Å². The summed E-state index contributed by atoms with van der Waals surface area (Å²) in [6, 6.07) is 14.0. The van der Waals surface area contributed by atoms with E-state index in [1.807, 2.05) is 0 Å². The van der Waals surface area contributed by atoms with Crippen molar-refractivity contribution in [2.75, 3.05) is 5.32 Å². The molecule has 5 nitrogen and oxygen atoms in total. The smallest absolute Gasteiger partial charge is 0.257 e. The van der Waals surface area contributed by atoms with E-state index < -0.39 is 17.3 Å². The molecule has 3 aromatic rings. The summed E-state index contributed by atoms with van der Waals surface area (Å²) in [7, 11) is 0. The van der Waals surface area contributed by atoms with Crippen molar-refractivity contribution in [1.82, 2.24) is 4.57 Å². The molecular formula is C20H17FIN3O2. The van der Waals surface area contributed by atoms with Crippen LogP contribution in [-0.4, -0.2) is 21.2 Å². The van der Waals surface area contributed by atoms with Crippen LogP contribution in [0.15, 0.2) is 48.7 Å². The van der Waals surface area contributed by atoms with E-state index in [0.717, 1.165) is 5.56 Å². The quantitative estimate of drug-likeness (QED) is 0.431. The van der Waals surface area contributed by atoms with Crippen LogP contribution in [0.4, 0.5) is 10.1 Å². The molecule has 2 N–H and O–H groups in total. The molecule has 0 saturated heterocycles. The van der Waals surface area contributed by atoms with Crippen LogP contribution in [0, 0.1) is 17.1 Å². The summed E-state index contributed by atoms with van der Waals surface area (Å²) in [5.41, 5.74) is 0.688. The summed E-state index contributed by atoms with van der Waals surface area (Å²) in [4.78, 5) is 12.6. The maximum atomic E-state index is 14.1. The van der Waals surface area contributed by atoms with Crippen molar-refractivity contribution in [2.45, 2.75) is 23.5 Å². The number of benzene rings is 2. The molecule has 3 rings (SSSR count). The minimum atomic E-state index is -1.76. The molecule has 0 aliphatic heterocycles. The normalized spacial score (nSPS) is 13.1. The Kier molecular flexibility index (Phi) is 5.48. The third-order valence-electron chi connectivity index (χ3n) is 4.33. The zero-order valence-corrected chi connectivity index (χ0v) is 16.7. The number of aliphatic hydroxyl groups is 1. The molecule has 0 radical (unpaired) electrons. The van der Waals surface area contributed by atoms with Gasteiger partial charge in [-0.25, -0.2) is 4.39 Å². The van der Waals surface area contributed by atoms with Gasteiger partial charge in [-0.1, -0.05) is 34.7 Å². The molecule has 0 aliphatic rings. The topological polar surface area (TPSA) is 78.1 Å². The Morgan fingerprint density at radius 2 is 2.11 bits per heavy atom. The predicted molar refractivity (Wildman–Crippen MR) is 110 cm³/mol. The summed E-state index contributed by atoms with van der Waals surface area (Å²) in [6.07, 6.45) is 1.28. The summed E-state index contributed by atoms with van der Waals surface area (Å²) in [5.74, 6) is -1.01. The van der Waals surface area contributed by atoms with Gasteiger partial charge in [0.15, 0.2) is 5.60 Å². The molecule has 2 aromatic carbocycles. The number of nitriles is 1. The first-order valence-corrected chi connectivity index (χ1v) is 9.74. The number of anilines is 1.